The Morgan fingerprint density at radius 3 is 2.80 bits per heavy atom. The molecule has 0 radical (unpaired) electrons. The molecule has 0 spiro atoms. The van der Waals surface area contributed by atoms with Crippen LogP contribution in [0.15, 0.2) is 10.9 Å². The summed E-state index contributed by atoms with van der Waals surface area (Å²) in [6, 6.07) is 0.514. The summed E-state index contributed by atoms with van der Waals surface area (Å²) in [5.74, 6) is 0.916. The molecule has 1 heterocycles. The molecule has 0 saturated heterocycles. The van der Waals surface area contributed by atoms with Crippen molar-refractivity contribution >= 4 is 17.2 Å². The molecule has 15 heavy (non-hydrogen) atoms. The smallest absolute Gasteiger partial charge is 0.273 e. The molecule has 2 fully saturated rings. The number of amides is 1. The minimum atomic E-state index is 0.144. The van der Waals surface area contributed by atoms with Crippen LogP contribution in [-0.2, 0) is 0 Å². The van der Waals surface area contributed by atoms with E-state index in [2.05, 4.69) is 4.98 Å². The summed E-state index contributed by atoms with van der Waals surface area (Å²) in [6.07, 6.45) is 4.96. The average Bonchev–Trinajstić information content (AvgIpc) is 3.14. The van der Waals surface area contributed by atoms with Crippen molar-refractivity contribution in [3.8, 4) is 0 Å². The summed E-state index contributed by atoms with van der Waals surface area (Å²) in [5.41, 5.74) is 2.36. The highest BCUT2D eigenvalue weighted by Crippen LogP contribution is 2.35. The number of hydrogen-bond donors (Lipinski definition) is 0. The molecule has 4 heteroatoms. The fourth-order valence-electron chi connectivity index (χ4n) is 1.83. The van der Waals surface area contributed by atoms with Gasteiger partial charge in [-0.05, 0) is 31.6 Å². The van der Waals surface area contributed by atoms with Crippen molar-refractivity contribution in [1.82, 2.24) is 9.88 Å². The quantitative estimate of drug-likeness (QED) is 0.782. The van der Waals surface area contributed by atoms with Crippen molar-refractivity contribution in [2.45, 2.75) is 31.7 Å². The fourth-order valence-corrected chi connectivity index (χ4v) is 2.35. The van der Waals surface area contributed by atoms with Gasteiger partial charge in [0.15, 0.2) is 0 Å². The lowest BCUT2D eigenvalue weighted by atomic mass is 10.3. The first-order chi connectivity index (χ1) is 7.34. The van der Waals surface area contributed by atoms with Crippen LogP contribution in [0.4, 0.5) is 0 Å². The molecule has 2 aliphatic rings. The maximum atomic E-state index is 12.1. The Hall–Kier alpha value is -0.900. The third-order valence-electron chi connectivity index (χ3n) is 3.05. The van der Waals surface area contributed by atoms with Gasteiger partial charge < -0.3 is 4.90 Å². The number of thiazole rings is 1. The van der Waals surface area contributed by atoms with E-state index >= 15 is 0 Å². The topological polar surface area (TPSA) is 33.2 Å². The number of nitrogens with zero attached hydrogens (tertiary/aromatic N) is 2. The first-order valence-electron chi connectivity index (χ1n) is 5.54. The SMILES string of the molecule is O=C(c1cscn1)N(CC1CC1)C1CC1. The largest absolute Gasteiger partial charge is 0.334 e. The van der Waals surface area contributed by atoms with E-state index < -0.39 is 0 Å². The second kappa shape index (κ2) is 3.59. The molecule has 0 N–H and O–H groups in total. The van der Waals surface area contributed by atoms with Crippen LogP contribution >= 0.6 is 11.3 Å². The van der Waals surface area contributed by atoms with Crippen molar-refractivity contribution < 1.29 is 4.79 Å². The Labute approximate surface area is 93.1 Å². The summed E-state index contributed by atoms with van der Waals surface area (Å²) >= 11 is 1.49. The second-order valence-corrected chi connectivity index (χ2v) is 5.22. The van der Waals surface area contributed by atoms with Crippen LogP contribution in [0.1, 0.15) is 36.2 Å². The van der Waals surface area contributed by atoms with Gasteiger partial charge in [0, 0.05) is 18.0 Å². The van der Waals surface area contributed by atoms with E-state index in [1.807, 2.05) is 10.3 Å². The van der Waals surface area contributed by atoms with Gasteiger partial charge in [0.25, 0.3) is 5.91 Å². The molecular formula is C11H14N2OS. The lowest BCUT2D eigenvalue weighted by Crippen LogP contribution is -2.35. The predicted octanol–water partition coefficient (Wildman–Crippen LogP) is 2.16. The van der Waals surface area contributed by atoms with Crippen LogP contribution in [0.25, 0.3) is 0 Å². The van der Waals surface area contributed by atoms with E-state index in [0.29, 0.717) is 11.7 Å². The van der Waals surface area contributed by atoms with E-state index in [1.54, 1.807) is 5.51 Å². The van der Waals surface area contributed by atoms with Gasteiger partial charge in [-0.25, -0.2) is 4.98 Å². The standard InChI is InChI=1S/C11H14N2OS/c14-11(10-6-15-7-12-10)13(9-3-4-9)5-8-1-2-8/h6-9H,1-5H2. The van der Waals surface area contributed by atoms with Crippen LogP contribution in [0, 0.1) is 5.92 Å². The molecule has 1 aromatic heterocycles. The van der Waals surface area contributed by atoms with Gasteiger partial charge in [-0.15, -0.1) is 11.3 Å². The predicted molar refractivity (Wildman–Crippen MR) is 58.9 cm³/mol. The van der Waals surface area contributed by atoms with Crippen molar-refractivity contribution in [3.05, 3.63) is 16.6 Å². The van der Waals surface area contributed by atoms with E-state index in [-0.39, 0.29) is 5.91 Å². The fraction of sp³-hybridized carbons (Fsp3) is 0.636. The number of carbonyl (C=O) groups is 1. The van der Waals surface area contributed by atoms with Crippen LogP contribution in [0.2, 0.25) is 0 Å². The molecular weight excluding hydrogens is 208 g/mol. The third kappa shape index (κ3) is 2.04. The molecule has 0 bridgehead atoms. The van der Waals surface area contributed by atoms with Gasteiger partial charge in [-0.3, -0.25) is 4.79 Å². The zero-order valence-electron chi connectivity index (χ0n) is 8.56. The number of hydrogen-bond acceptors (Lipinski definition) is 3. The molecule has 1 amide bonds. The molecule has 0 atom stereocenters. The minimum absolute atomic E-state index is 0.144. The average molecular weight is 222 g/mol. The van der Waals surface area contributed by atoms with Crippen LogP contribution < -0.4 is 0 Å². The molecule has 3 rings (SSSR count). The number of rotatable bonds is 4. The maximum Gasteiger partial charge on any atom is 0.273 e. The minimum Gasteiger partial charge on any atom is -0.334 e. The van der Waals surface area contributed by atoms with Crippen LogP contribution in [0.3, 0.4) is 0 Å². The Kier molecular flexibility index (Phi) is 2.24. The van der Waals surface area contributed by atoms with Crippen LogP contribution in [0.5, 0.6) is 0 Å². The van der Waals surface area contributed by atoms with Gasteiger partial charge in [0.05, 0.1) is 5.51 Å². The molecule has 1 aromatic rings. The summed E-state index contributed by atoms with van der Waals surface area (Å²) < 4.78 is 0. The summed E-state index contributed by atoms with van der Waals surface area (Å²) in [4.78, 5) is 18.3. The van der Waals surface area contributed by atoms with Crippen molar-refractivity contribution in [3.63, 3.8) is 0 Å². The van der Waals surface area contributed by atoms with Crippen LogP contribution in [-0.4, -0.2) is 28.4 Å². The molecule has 0 unspecified atom stereocenters. The number of aromatic nitrogens is 1. The van der Waals surface area contributed by atoms with E-state index in [9.17, 15) is 4.79 Å². The molecule has 2 saturated carbocycles. The zero-order valence-corrected chi connectivity index (χ0v) is 9.37. The van der Waals surface area contributed by atoms with Gasteiger partial charge in [-0.1, -0.05) is 0 Å². The van der Waals surface area contributed by atoms with E-state index in [4.69, 9.17) is 0 Å². The lowest BCUT2D eigenvalue weighted by Gasteiger charge is -2.21. The highest BCUT2D eigenvalue weighted by Gasteiger charge is 2.37. The Morgan fingerprint density at radius 2 is 2.27 bits per heavy atom. The molecule has 80 valence electrons. The first kappa shape index (κ1) is 9.33. The third-order valence-corrected chi connectivity index (χ3v) is 3.64. The molecule has 0 aromatic carbocycles. The van der Waals surface area contributed by atoms with E-state index in [0.717, 1.165) is 12.5 Å². The number of carbonyl (C=O) groups excluding carboxylic acids is 1. The normalized spacial score (nSPS) is 20.3. The highest BCUT2D eigenvalue weighted by atomic mass is 32.1. The zero-order chi connectivity index (χ0) is 10.3. The molecule has 2 aliphatic carbocycles. The van der Waals surface area contributed by atoms with Gasteiger partial charge >= 0.3 is 0 Å². The first-order valence-corrected chi connectivity index (χ1v) is 6.48. The summed E-state index contributed by atoms with van der Waals surface area (Å²) in [7, 11) is 0. The van der Waals surface area contributed by atoms with E-state index in [1.165, 1.54) is 37.0 Å². The Balaban J connectivity index is 1.72. The second-order valence-electron chi connectivity index (χ2n) is 4.51. The Bertz CT molecular complexity index is 355. The maximum absolute atomic E-state index is 12.1. The van der Waals surface area contributed by atoms with Crippen molar-refractivity contribution in [2.75, 3.05) is 6.54 Å². The summed E-state index contributed by atoms with van der Waals surface area (Å²) in [5, 5.41) is 1.85. The van der Waals surface area contributed by atoms with Crippen molar-refractivity contribution in [2.24, 2.45) is 5.92 Å². The summed E-state index contributed by atoms with van der Waals surface area (Å²) in [6.45, 7) is 0.959. The van der Waals surface area contributed by atoms with Gasteiger partial charge in [-0.2, -0.15) is 0 Å². The van der Waals surface area contributed by atoms with Crippen molar-refractivity contribution in [1.29, 1.82) is 0 Å². The molecule has 3 nitrogen and oxygen atoms in total. The van der Waals surface area contributed by atoms with Gasteiger partial charge in [0.1, 0.15) is 5.69 Å². The highest BCUT2D eigenvalue weighted by molar-refractivity contribution is 7.07. The monoisotopic (exact) mass is 222 g/mol. The molecule has 0 aliphatic heterocycles. The van der Waals surface area contributed by atoms with Gasteiger partial charge in [0.2, 0.25) is 0 Å². The lowest BCUT2D eigenvalue weighted by molar-refractivity contribution is 0.0729. The Morgan fingerprint density at radius 1 is 1.47 bits per heavy atom.